The van der Waals surface area contributed by atoms with E-state index in [1.54, 1.807) is 24.3 Å². The van der Waals surface area contributed by atoms with E-state index in [1.165, 1.54) is 6.42 Å². The van der Waals surface area contributed by atoms with Gasteiger partial charge in [-0.2, -0.15) is 5.26 Å². The van der Waals surface area contributed by atoms with Gasteiger partial charge in [-0.3, -0.25) is 4.79 Å². The quantitative estimate of drug-likeness (QED) is 0.772. The third-order valence-corrected chi connectivity index (χ3v) is 3.88. The van der Waals surface area contributed by atoms with Crippen LogP contribution in [0.15, 0.2) is 30.3 Å². The van der Waals surface area contributed by atoms with Crippen molar-refractivity contribution in [2.24, 2.45) is 0 Å². The fraction of sp³-hybridized carbons (Fsp3) is 0.412. The van der Waals surface area contributed by atoms with Gasteiger partial charge in [-0.15, -0.1) is 0 Å². The van der Waals surface area contributed by atoms with Crippen LogP contribution in [0.3, 0.4) is 0 Å². The number of likely N-dealkylation sites (tertiary alicyclic amines) is 1. The van der Waals surface area contributed by atoms with Crippen LogP contribution >= 0.6 is 0 Å². The van der Waals surface area contributed by atoms with E-state index in [-0.39, 0.29) is 5.91 Å². The zero-order valence-electron chi connectivity index (χ0n) is 12.0. The van der Waals surface area contributed by atoms with Crippen LogP contribution in [0.4, 0.5) is 0 Å². The molecule has 1 aromatic carbocycles. The molecule has 0 aromatic heterocycles. The first-order valence-electron chi connectivity index (χ1n) is 7.12. The molecule has 1 fully saturated rings. The summed E-state index contributed by atoms with van der Waals surface area (Å²) in [7, 11) is 0. The van der Waals surface area contributed by atoms with Gasteiger partial charge in [0, 0.05) is 18.2 Å². The van der Waals surface area contributed by atoms with Crippen molar-refractivity contribution in [3.63, 3.8) is 0 Å². The number of nitrogens with zero attached hydrogens (tertiary/aromatic N) is 2. The molecule has 1 aromatic rings. The third-order valence-electron chi connectivity index (χ3n) is 3.88. The van der Waals surface area contributed by atoms with Crippen LogP contribution in [-0.4, -0.2) is 22.9 Å². The van der Waals surface area contributed by atoms with Crippen molar-refractivity contribution in [2.45, 2.75) is 45.2 Å². The van der Waals surface area contributed by atoms with E-state index in [9.17, 15) is 4.79 Å². The van der Waals surface area contributed by atoms with Crippen molar-refractivity contribution in [3.8, 4) is 6.07 Å². The summed E-state index contributed by atoms with van der Waals surface area (Å²) in [5.74, 6) is 0.0621. The molecule has 0 spiro atoms. The topological polar surface area (TPSA) is 44.1 Å². The molecule has 0 bridgehead atoms. The number of benzene rings is 1. The predicted molar refractivity (Wildman–Crippen MR) is 79.8 cm³/mol. The second-order valence-corrected chi connectivity index (χ2v) is 5.45. The first-order chi connectivity index (χ1) is 9.61. The SMILES string of the molecule is CC1CCCC(C)N1C(=O)/C=C/c1cccc(C#N)c1. The van der Waals surface area contributed by atoms with Crippen molar-refractivity contribution >= 4 is 12.0 Å². The Hall–Kier alpha value is -2.08. The van der Waals surface area contributed by atoms with Crippen LogP contribution in [0.2, 0.25) is 0 Å². The fourth-order valence-corrected chi connectivity index (χ4v) is 2.82. The number of hydrogen-bond acceptors (Lipinski definition) is 2. The largest absolute Gasteiger partial charge is 0.334 e. The standard InChI is InChI=1S/C17H20N2O/c1-13-5-3-6-14(2)19(13)17(20)10-9-15-7-4-8-16(11-15)12-18/h4,7-11,13-14H,3,5-6H2,1-2H3/b10-9+. The van der Waals surface area contributed by atoms with E-state index in [0.717, 1.165) is 18.4 Å². The molecule has 2 rings (SSSR count). The van der Waals surface area contributed by atoms with Gasteiger partial charge < -0.3 is 4.90 Å². The van der Waals surface area contributed by atoms with E-state index in [1.807, 2.05) is 17.0 Å². The van der Waals surface area contributed by atoms with Gasteiger partial charge in [-0.1, -0.05) is 12.1 Å². The van der Waals surface area contributed by atoms with Crippen LogP contribution in [0.1, 0.15) is 44.2 Å². The van der Waals surface area contributed by atoms with Crippen LogP contribution in [0, 0.1) is 11.3 Å². The van der Waals surface area contributed by atoms with Crippen LogP contribution in [0.25, 0.3) is 6.08 Å². The molecule has 2 unspecified atom stereocenters. The van der Waals surface area contributed by atoms with Crippen LogP contribution in [-0.2, 0) is 4.79 Å². The summed E-state index contributed by atoms with van der Waals surface area (Å²) in [5.41, 5.74) is 1.49. The van der Waals surface area contributed by atoms with Gasteiger partial charge >= 0.3 is 0 Å². The second-order valence-electron chi connectivity index (χ2n) is 5.45. The number of amides is 1. The Labute approximate surface area is 120 Å². The number of piperidine rings is 1. The van der Waals surface area contributed by atoms with E-state index in [0.29, 0.717) is 17.6 Å². The normalized spacial score (nSPS) is 22.8. The molecule has 0 N–H and O–H groups in total. The summed E-state index contributed by atoms with van der Waals surface area (Å²) in [4.78, 5) is 14.3. The Morgan fingerprint density at radius 3 is 2.70 bits per heavy atom. The molecule has 0 aliphatic carbocycles. The first-order valence-corrected chi connectivity index (χ1v) is 7.12. The summed E-state index contributed by atoms with van der Waals surface area (Å²) in [5, 5.41) is 8.86. The molecule has 1 heterocycles. The minimum atomic E-state index is 0.0621. The number of carbonyl (C=O) groups excluding carboxylic acids is 1. The predicted octanol–water partition coefficient (Wildman–Crippen LogP) is 3.36. The average molecular weight is 268 g/mol. The average Bonchev–Trinajstić information content (AvgIpc) is 2.45. The molecular formula is C17H20N2O. The van der Waals surface area contributed by atoms with Gasteiger partial charge in [-0.25, -0.2) is 0 Å². The number of nitriles is 1. The molecule has 3 heteroatoms. The van der Waals surface area contributed by atoms with E-state index < -0.39 is 0 Å². The van der Waals surface area contributed by atoms with E-state index in [4.69, 9.17) is 5.26 Å². The second kappa shape index (κ2) is 6.38. The van der Waals surface area contributed by atoms with Gasteiger partial charge in [0.15, 0.2) is 0 Å². The van der Waals surface area contributed by atoms with Gasteiger partial charge in [-0.05, 0) is 56.9 Å². The molecule has 3 nitrogen and oxygen atoms in total. The molecule has 0 saturated carbocycles. The molecule has 1 amide bonds. The fourth-order valence-electron chi connectivity index (χ4n) is 2.82. The number of rotatable bonds is 2. The molecule has 1 aliphatic heterocycles. The van der Waals surface area contributed by atoms with Crippen molar-refractivity contribution in [1.29, 1.82) is 5.26 Å². The van der Waals surface area contributed by atoms with Gasteiger partial charge in [0.1, 0.15) is 0 Å². The highest BCUT2D eigenvalue weighted by Crippen LogP contribution is 2.22. The minimum Gasteiger partial charge on any atom is -0.334 e. The lowest BCUT2D eigenvalue weighted by Crippen LogP contribution is -2.46. The maximum atomic E-state index is 12.3. The summed E-state index contributed by atoms with van der Waals surface area (Å²) < 4.78 is 0. The molecular weight excluding hydrogens is 248 g/mol. The van der Waals surface area contributed by atoms with Crippen molar-refractivity contribution in [1.82, 2.24) is 4.90 Å². The van der Waals surface area contributed by atoms with E-state index in [2.05, 4.69) is 19.9 Å². The van der Waals surface area contributed by atoms with E-state index >= 15 is 0 Å². The lowest BCUT2D eigenvalue weighted by Gasteiger charge is -2.38. The van der Waals surface area contributed by atoms with Crippen LogP contribution in [0.5, 0.6) is 0 Å². The monoisotopic (exact) mass is 268 g/mol. The highest BCUT2D eigenvalue weighted by Gasteiger charge is 2.27. The molecule has 20 heavy (non-hydrogen) atoms. The van der Waals surface area contributed by atoms with Gasteiger partial charge in [0.05, 0.1) is 11.6 Å². The van der Waals surface area contributed by atoms with Crippen molar-refractivity contribution in [3.05, 3.63) is 41.5 Å². The van der Waals surface area contributed by atoms with Crippen molar-refractivity contribution < 1.29 is 4.79 Å². The summed E-state index contributed by atoms with van der Waals surface area (Å²) >= 11 is 0. The Morgan fingerprint density at radius 2 is 2.05 bits per heavy atom. The minimum absolute atomic E-state index is 0.0621. The summed E-state index contributed by atoms with van der Waals surface area (Å²) in [6, 6.07) is 9.98. The highest BCUT2D eigenvalue weighted by atomic mass is 16.2. The summed E-state index contributed by atoms with van der Waals surface area (Å²) in [6.07, 6.45) is 6.76. The Bertz CT molecular complexity index is 546. The molecule has 1 saturated heterocycles. The van der Waals surface area contributed by atoms with Gasteiger partial charge in [0.2, 0.25) is 5.91 Å². The molecule has 0 radical (unpaired) electrons. The van der Waals surface area contributed by atoms with Crippen LogP contribution < -0.4 is 0 Å². The molecule has 1 aliphatic rings. The van der Waals surface area contributed by atoms with Crippen molar-refractivity contribution in [2.75, 3.05) is 0 Å². The highest BCUT2D eigenvalue weighted by molar-refractivity contribution is 5.92. The number of hydrogen-bond donors (Lipinski definition) is 0. The zero-order valence-corrected chi connectivity index (χ0v) is 12.0. The maximum Gasteiger partial charge on any atom is 0.247 e. The molecule has 104 valence electrons. The Kier molecular flexibility index (Phi) is 4.57. The lowest BCUT2D eigenvalue weighted by atomic mass is 9.97. The van der Waals surface area contributed by atoms with Gasteiger partial charge in [0.25, 0.3) is 0 Å². The number of carbonyl (C=O) groups is 1. The third kappa shape index (κ3) is 3.27. The summed E-state index contributed by atoms with van der Waals surface area (Å²) in [6.45, 7) is 4.22. The first kappa shape index (κ1) is 14.3. The Morgan fingerprint density at radius 1 is 1.35 bits per heavy atom. The molecule has 2 atom stereocenters. The Balaban J connectivity index is 2.10. The maximum absolute atomic E-state index is 12.3. The zero-order chi connectivity index (χ0) is 14.5. The smallest absolute Gasteiger partial charge is 0.247 e. The lowest BCUT2D eigenvalue weighted by molar-refractivity contribution is -0.131.